The summed E-state index contributed by atoms with van der Waals surface area (Å²) >= 11 is 0. The van der Waals surface area contributed by atoms with Crippen LogP contribution < -0.4 is 5.32 Å². The minimum Gasteiger partial charge on any atom is -0.453 e. The van der Waals surface area contributed by atoms with Crippen molar-refractivity contribution < 1.29 is 13.9 Å². The Morgan fingerprint density at radius 3 is 3.17 bits per heavy atom. The summed E-state index contributed by atoms with van der Waals surface area (Å²) in [6.07, 6.45) is 5.73. The fourth-order valence-electron chi connectivity index (χ4n) is 3.04. The maximum atomic E-state index is 12.3. The molecular formula is C18H23N3O3. The summed E-state index contributed by atoms with van der Waals surface area (Å²) in [6.45, 7) is 3.11. The van der Waals surface area contributed by atoms with Gasteiger partial charge in [0.15, 0.2) is 5.76 Å². The first kappa shape index (κ1) is 16.7. The molecule has 6 nitrogen and oxygen atoms in total. The number of ether oxygens (including phenoxy) is 1. The molecule has 0 unspecified atom stereocenters. The molecule has 0 aromatic carbocycles. The largest absolute Gasteiger partial charge is 0.453 e. The zero-order chi connectivity index (χ0) is 16.8. The van der Waals surface area contributed by atoms with Crippen LogP contribution in [-0.4, -0.2) is 42.0 Å². The van der Waals surface area contributed by atoms with Crippen molar-refractivity contribution in [3.8, 4) is 0 Å². The number of nitrogens with zero attached hydrogens (tertiary/aromatic N) is 2. The van der Waals surface area contributed by atoms with E-state index in [2.05, 4.69) is 21.3 Å². The quantitative estimate of drug-likeness (QED) is 0.880. The monoisotopic (exact) mass is 329 g/mol. The number of amides is 1. The number of hydrogen-bond donors (Lipinski definition) is 1. The minimum absolute atomic E-state index is 0.138. The summed E-state index contributed by atoms with van der Waals surface area (Å²) < 4.78 is 10.5. The number of furan rings is 1. The molecule has 0 saturated carbocycles. The predicted octanol–water partition coefficient (Wildman–Crippen LogP) is 2.22. The number of pyridine rings is 1. The van der Waals surface area contributed by atoms with Gasteiger partial charge in [0.05, 0.1) is 0 Å². The molecule has 2 aromatic heterocycles. The second-order valence-corrected chi connectivity index (χ2v) is 6.11. The lowest BCUT2D eigenvalue weighted by Gasteiger charge is -2.32. The molecule has 1 saturated heterocycles. The predicted molar refractivity (Wildman–Crippen MR) is 89.4 cm³/mol. The minimum atomic E-state index is -0.161. The highest BCUT2D eigenvalue weighted by Crippen LogP contribution is 2.15. The Balaban J connectivity index is 1.53. The van der Waals surface area contributed by atoms with Crippen LogP contribution >= 0.6 is 0 Å². The Morgan fingerprint density at radius 2 is 2.38 bits per heavy atom. The van der Waals surface area contributed by atoms with E-state index in [1.165, 1.54) is 5.56 Å². The molecule has 128 valence electrons. The molecule has 1 N–H and O–H groups in total. The second-order valence-electron chi connectivity index (χ2n) is 6.11. The molecule has 1 amide bonds. The normalized spacial score (nSPS) is 18.5. The molecule has 3 heterocycles. The number of piperidine rings is 1. The van der Waals surface area contributed by atoms with Crippen LogP contribution in [0.15, 0.2) is 41.1 Å². The first-order chi connectivity index (χ1) is 11.7. The van der Waals surface area contributed by atoms with Crippen LogP contribution in [0.3, 0.4) is 0 Å². The molecule has 2 aromatic rings. The van der Waals surface area contributed by atoms with Gasteiger partial charge in [-0.25, -0.2) is 0 Å². The Hall–Kier alpha value is -2.18. The molecular weight excluding hydrogens is 306 g/mol. The van der Waals surface area contributed by atoms with Gasteiger partial charge < -0.3 is 14.5 Å². The lowest BCUT2D eigenvalue weighted by molar-refractivity contribution is 0.0865. The number of carbonyl (C=O) groups excluding carboxylic acids is 1. The van der Waals surface area contributed by atoms with Crippen molar-refractivity contribution in [1.82, 2.24) is 15.2 Å². The van der Waals surface area contributed by atoms with E-state index in [0.29, 0.717) is 18.1 Å². The number of nitrogens with one attached hydrogen (secondary N) is 1. The highest BCUT2D eigenvalue weighted by Gasteiger charge is 2.23. The van der Waals surface area contributed by atoms with Gasteiger partial charge in [-0.1, -0.05) is 6.07 Å². The van der Waals surface area contributed by atoms with Crippen molar-refractivity contribution in [2.75, 3.05) is 20.2 Å². The van der Waals surface area contributed by atoms with E-state index in [1.807, 2.05) is 12.3 Å². The SMILES string of the molecule is COCc1ccc(C(=O)N[C@@H]2CCCN(Cc3cccnc3)C2)o1. The first-order valence-corrected chi connectivity index (χ1v) is 8.24. The number of methoxy groups -OCH3 is 1. The first-order valence-electron chi connectivity index (χ1n) is 8.24. The Morgan fingerprint density at radius 1 is 1.46 bits per heavy atom. The van der Waals surface area contributed by atoms with Crippen LogP contribution in [0.4, 0.5) is 0 Å². The van der Waals surface area contributed by atoms with Gasteiger partial charge in [-0.2, -0.15) is 0 Å². The zero-order valence-corrected chi connectivity index (χ0v) is 13.9. The van der Waals surface area contributed by atoms with Crippen LogP contribution in [0.25, 0.3) is 0 Å². The van der Waals surface area contributed by atoms with Gasteiger partial charge >= 0.3 is 0 Å². The fraction of sp³-hybridized carbons (Fsp3) is 0.444. The Bertz CT molecular complexity index is 657. The topological polar surface area (TPSA) is 67.6 Å². The van der Waals surface area contributed by atoms with E-state index in [-0.39, 0.29) is 11.9 Å². The van der Waals surface area contributed by atoms with Crippen molar-refractivity contribution in [3.63, 3.8) is 0 Å². The lowest BCUT2D eigenvalue weighted by Crippen LogP contribution is -2.47. The Labute approximate surface area is 141 Å². The second kappa shape index (κ2) is 8.08. The van der Waals surface area contributed by atoms with Crippen LogP contribution in [0.1, 0.15) is 34.7 Å². The highest BCUT2D eigenvalue weighted by atomic mass is 16.5. The molecule has 0 spiro atoms. The van der Waals surface area contributed by atoms with Gasteiger partial charge in [-0.05, 0) is 43.1 Å². The summed E-state index contributed by atoms with van der Waals surface area (Å²) in [5.74, 6) is 0.835. The van der Waals surface area contributed by atoms with E-state index in [1.54, 1.807) is 25.4 Å². The van der Waals surface area contributed by atoms with Gasteiger partial charge in [0.25, 0.3) is 5.91 Å². The maximum absolute atomic E-state index is 12.3. The van der Waals surface area contributed by atoms with Crippen molar-refractivity contribution in [3.05, 3.63) is 53.7 Å². The summed E-state index contributed by atoms with van der Waals surface area (Å²) in [6, 6.07) is 7.63. The number of rotatable bonds is 6. The number of likely N-dealkylation sites (tertiary alicyclic amines) is 1. The Kier molecular flexibility index (Phi) is 5.61. The number of carbonyl (C=O) groups is 1. The van der Waals surface area contributed by atoms with E-state index in [4.69, 9.17) is 9.15 Å². The van der Waals surface area contributed by atoms with Crippen LogP contribution in [-0.2, 0) is 17.9 Å². The van der Waals surface area contributed by atoms with Crippen molar-refractivity contribution in [1.29, 1.82) is 0 Å². The molecule has 6 heteroatoms. The number of hydrogen-bond acceptors (Lipinski definition) is 5. The molecule has 0 aliphatic carbocycles. The number of aromatic nitrogens is 1. The van der Waals surface area contributed by atoms with Gasteiger partial charge in [-0.15, -0.1) is 0 Å². The van der Waals surface area contributed by atoms with Gasteiger partial charge in [-0.3, -0.25) is 14.7 Å². The summed E-state index contributed by atoms with van der Waals surface area (Å²) in [7, 11) is 1.60. The highest BCUT2D eigenvalue weighted by molar-refractivity contribution is 5.91. The molecule has 0 radical (unpaired) electrons. The molecule has 0 bridgehead atoms. The molecule has 1 aliphatic heterocycles. The van der Waals surface area contributed by atoms with Crippen molar-refractivity contribution in [2.24, 2.45) is 0 Å². The van der Waals surface area contributed by atoms with Crippen LogP contribution in [0.2, 0.25) is 0 Å². The summed E-state index contributed by atoms with van der Waals surface area (Å²) in [4.78, 5) is 18.8. The van der Waals surface area contributed by atoms with E-state index >= 15 is 0 Å². The van der Waals surface area contributed by atoms with Gasteiger partial charge in [0, 0.05) is 38.6 Å². The summed E-state index contributed by atoms with van der Waals surface area (Å²) in [5.41, 5.74) is 1.19. The third kappa shape index (κ3) is 4.43. The van der Waals surface area contributed by atoms with Crippen molar-refractivity contribution in [2.45, 2.75) is 32.0 Å². The molecule has 24 heavy (non-hydrogen) atoms. The molecule has 3 rings (SSSR count). The van der Waals surface area contributed by atoms with E-state index < -0.39 is 0 Å². The third-order valence-electron chi connectivity index (χ3n) is 4.14. The zero-order valence-electron chi connectivity index (χ0n) is 13.9. The average Bonchev–Trinajstić information content (AvgIpc) is 3.05. The van der Waals surface area contributed by atoms with Crippen molar-refractivity contribution >= 4 is 5.91 Å². The molecule has 1 aliphatic rings. The van der Waals surface area contributed by atoms with Gasteiger partial charge in [0.2, 0.25) is 0 Å². The lowest BCUT2D eigenvalue weighted by atomic mass is 10.0. The van der Waals surface area contributed by atoms with E-state index in [0.717, 1.165) is 32.5 Å². The van der Waals surface area contributed by atoms with Gasteiger partial charge in [0.1, 0.15) is 12.4 Å². The smallest absolute Gasteiger partial charge is 0.287 e. The standard InChI is InChI=1S/C18H23N3O3/c1-23-13-16-6-7-17(24-16)18(22)20-15-5-3-9-21(12-15)11-14-4-2-8-19-10-14/h2,4,6-8,10,15H,3,5,9,11-13H2,1H3,(H,20,22)/t15-/m1/s1. The third-order valence-corrected chi connectivity index (χ3v) is 4.14. The van der Waals surface area contributed by atoms with Crippen LogP contribution in [0.5, 0.6) is 0 Å². The molecule has 1 atom stereocenters. The van der Waals surface area contributed by atoms with Crippen LogP contribution in [0, 0.1) is 0 Å². The summed E-state index contributed by atoms with van der Waals surface area (Å²) in [5, 5.41) is 3.08. The fourth-order valence-corrected chi connectivity index (χ4v) is 3.04. The molecule has 1 fully saturated rings. The van der Waals surface area contributed by atoms with E-state index in [9.17, 15) is 4.79 Å². The average molecular weight is 329 g/mol. The maximum Gasteiger partial charge on any atom is 0.287 e.